The predicted octanol–water partition coefficient (Wildman–Crippen LogP) is 3.83. The number of hydrogen-bond acceptors (Lipinski definition) is 5. The number of amides is 1. The monoisotopic (exact) mass is 392 g/mol. The predicted molar refractivity (Wildman–Crippen MR) is 109 cm³/mol. The Morgan fingerprint density at radius 3 is 2.76 bits per heavy atom. The van der Waals surface area contributed by atoms with Crippen LogP contribution >= 0.6 is 0 Å². The molecule has 1 aliphatic rings. The van der Waals surface area contributed by atoms with Gasteiger partial charge in [0, 0.05) is 26.2 Å². The van der Waals surface area contributed by atoms with Gasteiger partial charge in [0.1, 0.15) is 12.1 Å². The smallest absolute Gasteiger partial charge is 0.410 e. The molecule has 1 amide bonds. The van der Waals surface area contributed by atoms with E-state index in [0.717, 1.165) is 24.8 Å². The van der Waals surface area contributed by atoms with Crippen molar-refractivity contribution in [1.82, 2.24) is 19.4 Å². The third kappa shape index (κ3) is 4.13. The molecule has 29 heavy (non-hydrogen) atoms. The number of likely N-dealkylation sites (tertiary alicyclic amines) is 1. The normalized spacial score (nSPS) is 16.7. The van der Waals surface area contributed by atoms with Gasteiger partial charge in [-0.15, -0.1) is 0 Å². The van der Waals surface area contributed by atoms with Crippen molar-refractivity contribution < 1.29 is 14.3 Å². The van der Waals surface area contributed by atoms with E-state index >= 15 is 0 Å². The summed E-state index contributed by atoms with van der Waals surface area (Å²) in [5, 5.41) is 0. The number of imidazole rings is 1. The van der Waals surface area contributed by atoms with Gasteiger partial charge in [-0.05, 0) is 37.0 Å². The van der Waals surface area contributed by atoms with Gasteiger partial charge in [-0.3, -0.25) is 4.79 Å². The molecular weight excluding hydrogens is 368 g/mol. The van der Waals surface area contributed by atoms with E-state index in [0.29, 0.717) is 30.1 Å². The van der Waals surface area contributed by atoms with E-state index in [2.05, 4.69) is 9.97 Å². The van der Waals surface area contributed by atoms with Gasteiger partial charge in [0.2, 0.25) is 0 Å². The zero-order valence-corrected chi connectivity index (χ0v) is 16.5. The van der Waals surface area contributed by atoms with Crippen LogP contribution in [0.2, 0.25) is 0 Å². The first kappa shape index (κ1) is 19.1. The highest BCUT2D eigenvalue weighted by atomic mass is 16.6. The van der Waals surface area contributed by atoms with Crippen molar-refractivity contribution in [2.45, 2.75) is 45.4 Å². The number of ketones is 1. The molecule has 0 bridgehead atoms. The minimum Gasteiger partial charge on any atom is -0.445 e. The molecule has 1 aliphatic heterocycles. The molecule has 1 saturated heterocycles. The fourth-order valence-corrected chi connectivity index (χ4v) is 3.84. The molecule has 150 valence electrons. The van der Waals surface area contributed by atoms with E-state index in [9.17, 15) is 9.59 Å². The maximum absolute atomic E-state index is 12.8. The molecule has 1 atom stereocenters. The average Bonchev–Trinajstić information content (AvgIpc) is 3.12. The van der Waals surface area contributed by atoms with Gasteiger partial charge in [-0.1, -0.05) is 30.3 Å². The van der Waals surface area contributed by atoms with Crippen LogP contribution in [0.1, 0.15) is 42.4 Å². The lowest BCUT2D eigenvalue weighted by Crippen LogP contribution is -2.46. The number of carbonyl (C=O) groups is 2. The Balaban J connectivity index is 1.54. The molecule has 0 spiro atoms. The first-order chi connectivity index (χ1) is 14.1. The van der Waals surface area contributed by atoms with Gasteiger partial charge in [0.05, 0.1) is 6.04 Å². The minimum absolute atomic E-state index is 0.0653. The van der Waals surface area contributed by atoms with E-state index in [-0.39, 0.29) is 24.5 Å². The van der Waals surface area contributed by atoms with Gasteiger partial charge in [-0.2, -0.15) is 0 Å². The Labute approximate surface area is 169 Å². The molecule has 3 heterocycles. The Morgan fingerprint density at radius 1 is 1.14 bits per heavy atom. The van der Waals surface area contributed by atoms with Gasteiger partial charge >= 0.3 is 6.09 Å². The zero-order chi connectivity index (χ0) is 20.2. The first-order valence-corrected chi connectivity index (χ1v) is 9.93. The van der Waals surface area contributed by atoms with E-state index in [1.807, 2.05) is 41.0 Å². The summed E-state index contributed by atoms with van der Waals surface area (Å²) in [6, 6.07) is 13.2. The van der Waals surface area contributed by atoms with Crippen molar-refractivity contribution in [3.8, 4) is 0 Å². The number of ether oxygens (including phenoxy) is 1. The lowest BCUT2D eigenvalue weighted by atomic mass is 10.0. The van der Waals surface area contributed by atoms with Crippen molar-refractivity contribution in [2.24, 2.45) is 0 Å². The third-order valence-electron chi connectivity index (χ3n) is 5.28. The highest BCUT2D eigenvalue weighted by molar-refractivity contribution is 5.94. The Bertz CT molecular complexity index is 1020. The summed E-state index contributed by atoms with van der Waals surface area (Å²) in [7, 11) is 0. The van der Waals surface area contributed by atoms with Crippen molar-refractivity contribution in [1.29, 1.82) is 0 Å². The molecule has 0 aliphatic carbocycles. The van der Waals surface area contributed by atoms with Crippen molar-refractivity contribution in [3.63, 3.8) is 0 Å². The number of pyridine rings is 1. The molecular formula is C22H24N4O3. The molecule has 7 nitrogen and oxygen atoms in total. The number of aromatic nitrogens is 3. The zero-order valence-electron chi connectivity index (χ0n) is 16.5. The standard InChI is InChI=1S/C22H24N4O3/c1-16(27)20-24-19-11-7-12-23-21(19)26(20)14-18-10-5-6-13-25(18)22(28)29-15-17-8-3-2-4-9-17/h2-4,7-9,11-12,18H,5-6,10,13-15H2,1H3/t18-/m1/s1. The summed E-state index contributed by atoms with van der Waals surface area (Å²) in [5.74, 6) is 0.263. The number of carbonyl (C=O) groups excluding carboxylic acids is 2. The number of nitrogens with zero attached hydrogens (tertiary/aromatic N) is 4. The van der Waals surface area contributed by atoms with Crippen molar-refractivity contribution in [3.05, 3.63) is 60.0 Å². The van der Waals surface area contributed by atoms with Crippen LogP contribution in [-0.2, 0) is 17.9 Å². The number of Topliss-reactive ketones (excluding diaryl/α,β-unsaturated/α-hetero) is 1. The lowest BCUT2D eigenvalue weighted by Gasteiger charge is -2.35. The second-order valence-corrected chi connectivity index (χ2v) is 7.33. The molecule has 0 unspecified atom stereocenters. The fraction of sp³-hybridized carbons (Fsp3) is 0.364. The van der Waals surface area contributed by atoms with Crippen LogP contribution in [0.4, 0.5) is 4.79 Å². The molecule has 0 radical (unpaired) electrons. The Kier molecular flexibility index (Phi) is 5.55. The van der Waals surface area contributed by atoms with Crippen LogP contribution in [0.5, 0.6) is 0 Å². The number of piperidine rings is 1. The quantitative estimate of drug-likeness (QED) is 0.617. The van der Waals surface area contributed by atoms with Crippen molar-refractivity contribution in [2.75, 3.05) is 6.54 Å². The lowest BCUT2D eigenvalue weighted by molar-refractivity contribution is 0.0638. The second-order valence-electron chi connectivity index (χ2n) is 7.33. The maximum Gasteiger partial charge on any atom is 0.410 e. The number of rotatable bonds is 5. The first-order valence-electron chi connectivity index (χ1n) is 9.93. The summed E-state index contributed by atoms with van der Waals surface area (Å²) in [4.78, 5) is 35.6. The number of benzene rings is 1. The minimum atomic E-state index is -0.319. The molecule has 7 heteroatoms. The summed E-state index contributed by atoms with van der Waals surface area (Å²) in [6.45, 7) is 2.87. The molecule has 3 aromatic rings. The highest BCUT2D eigenvalue weighted by Gasteiger charge is 2.30. The van der Waals surface area contributed by atoms with Gasteiger partial charge in [0.25, 0.3) is 0 Å². The number of fused-ring (bicyclic) bond motifs is 1. The summed E-state index contributed by atoms with van der Waals surface area (Å²) < 4.78 is 7.40. The molecule has 0 N–H and O–H groups in total. The summed E-state index contributed by atoms with van der Waals surface area (Å²) in [6.07, 6.45) is 4.20. The molecule has 1 fully saturated rings. The number of hydrogen-bond donors (Lipinski definition) is 0. The maximum atomic E-state index is 12.8. The molecule has 4 rings (SSSR count). The van der Waals surface area contributed by atoms with E-state index < -0.39 is 0 Å². The Morgan fingerprint density at radius 2 is 1.97 bits per heavy atom. The molecule has 1 aromatic carbocycles. The van der Waals surface area contributed by atoms with Crippen LogP contribution in [0.15, 0.2) is 48.7 Å². The fourth-order valence-electron chi connectivity index (χ4n) is 3.84. The largest absolute Gasteiger partial charge is 0.445 e. The van der Waals surface area contributed by atoms with E-state index in [1.54, 1.807) is 17.2 Å². The second kappa shape index (κ2) is 8.43. The topological polar surface area (TPSA) is 77.3 Å². The van der Waals surface area contributed by atoms with Gasteiger partial charge < -0.3 is 14.2 Å². The third-order valence-corrected chi connectivity index (χ3v) is 5.28. The molecule has 0 saturated carbocycles. The summed E-state index contributed by atoms with van der Waals surface area (Å²) in [5.41, 5.74) is 2.31. The van der Waals surface area contributed by atoms with Crippen LogP contribution in [0.25, 0.3) is 11.2 Å². The van der Waals surface area contributed by atoms with E-state index in [1.165, 1.54) is 6.92 Å². The van der Waals surface area contributed by atoms with Crippen LogP contribution in [0.3, 0.4) is 0 Å². The van der Waals surface area contributed by atoms with Crippen LogP contribution < -0.4 is 0 Å². The van der Waals surface area contributed by atoms with Crippen LogP contribution in [0, 0.1) is 0 Å². The summed E-state index contributed by atoms with van der Waals surface area (Å²) >= 11 is 0. The molecule has 2 aromatic heterocycles. The van der Waals surface area contributed by atoms with Crippen LogP contribution in [-0.4, -0.2) is 43.9 Å². The SMILES string of the molecule is CC(=O)c1nc2cccnc2n1C[C@H]1CCCCN1C(=O)OCc1ccccc1. The van der Waals surface area contributed by atoms with Crippen molar-refractivity contribution >= 4 is 23.0 Å². The Hall–Kier alpha value is -3.22. The van der Waals surface area contributed by atoms with E-state index in [4.69, 9.17) is 4.74 Å². The highest BCUT2D eigenvalue weighted by Crippen LogP contribution is 2.23. The average molecular weight is 392 g/mol. The van der Waals surface area contributed by atoms with Gasteiger partial charge in [0.15, 0.2) is 17.3 Å². The van der Waals surface area contributed by atoms with Gasteiger partial charge in [-0.25, -0.2) is 14.8 Å².